The van der Waals surface area contributed by atoms with Gasteiger partial charge in [-0.3, -0.25) is 4.79 Å². The Balaban J connectivity index is 3.26. The molecule has 0 N–H and O–H groups in total. The maximum Gasteiger partial charge on any atom is 0.346 e. The summed E-state index contributed by atoms with van der Waals surface area (Å²) >= 11 is 0. The summed E-state index contributed by atoms with van der Waals surface area (Å²) in [6.07, 6.45) is 2.34. The van der Waals surface area contributed by atoms with E-state index in [2.05, 4.69) is 21.4 Å². The number of carbonyl (C=O) groups is 2. The van der Waals surface area contributed by atoms with Crippen molar-refractivity contribution in [2.45, 2.75) is 31.2 Å². The first-order valence-corrected chi connectivity index (χ1v) is 8.94. The van der Waals surface area contributed by atoms with Gasteiger partial charge in [0.15, 0.2) is 5.25 Å². The quantitative estimate of drug-likeness (QED) is 0.521. The normalized spacial score (nSPS) is 13.8. The fraction of sp³-hybridized carbons (Fsp3) is 0.571. The smallest absolute Gasteiger partial charge is 0.346 e. The molecule has 1 heterocycles. The van der Waals surface area contributed by atoms with E-state index in [0.717, 1.165) is 18.1 Å². The van der Waals surface area contributed by atoms with Crippen LogP contribution in [0.2, 0.25) is 0 Å². The van der Waals surface area contributed by atoms with Crippen molar-refractivity contribution >= 4 is 21.8 Å². The maximum absolute atomic E-state index is 12.7. The average molecular weight is 358 g/mol. The predicted octanol–water partition coefficient (Wildman–Crippen LogP) is 0.725. The van der Waals surface area contributed by atoms with E-state index >= 15 is 0 Å². The minimum atomic E-state index is -4.24. The number of carbonyl (C=O) groups excluding carboxylic acids is 2. The topological polar surface area (TPSA) is 111 Å². The second-order valence-corrected chi connectivity index (χ2v) is 6.97. The van der Waals surface area contributed by atoms with Crippen LogP contribution in [0.25, 0.3) is 0 Å². The lowest BCUT2D eigenvalue weighted by Crippen LogP contribution is -2.37. The second-order valence-electron chi connectivity index (χ2n) is 5.01. The van der Waals surface area contributed by atoms with Crippen LogP contribution in [-0.4, -0.2) is 65.5 Å². The molecule has 1 aromatic rings. The summed E-state index contributed by atoms with van der Waals surface area (Å²) in [6, 6.07) is -0.500. The number of ether oxygens (including phenoxy) is 1. The van der Waals surface area contributed by atoms with Crippen LogP contribution in [0.5, 0.6) is 0 Å². The number of allylic oxidation sites excluding steroid dienone is 1. The van der Waals surface area contributed by atoms with Gasteiger partial charge in [-0.05, 0) is 13.8 Å². The third-order valence-electron chi connectivity index (χ3n) is 3.57. The second kappa shape index (κ2) is 8.04. The minimum Gasteiger partial charge on any atom is -0.468 e. The first kappa shape index (κ1) is 19.8. The van der Waals surface area contributed by atoms with Gasteiger partial charge in [-0.15, -0.1) is 11.7 Å². The van der Waals surface area contributed by atoms with E-state index in [1.54, 1.807) is 13.8 Å². The molecule has 0 aromatic carbocycles. The van der Waals surface area contributed by atoms with E-state index in [-0.39, 0.29) is 0 Å². The van der Waals surface area contributed by atoms with Gasteiger partial charge < -0.3 is 9.64 Å². The molecule has 1 rings (SSSR count). The third-order valence-corrected chi connectivity index (χ3v) is 5.56. The van der Waals surface area contributed by atoms with Crippen LogP contribution in [-0.2, 0) is 19.4 Å². The highest BCUT2D eigenvalue weighted by atomic mass is 32.2. The average Bonchev–Trinajstić information content (AvgIpc) is 3.06. The van der Waals surface area contributed by atoms with Crippen molar-refractivity contribution in [1.82, 2.24) is 19.7 Å². The zero-order valence-electron chi connectivity index (χ0n) is 14.2. The molecule has 0 saturated heterocycles. The zero-order chi connectivity index (χ0) is 18.5. The number of rotatable bonds is 7. The number of hydrogen-bond acceptors (Lipinski definition) is 7. The molecule has 24 heavy (non-hydrogen) atoms. The van der Waals surface area contributed by atoms with Gasteiger partial charge in [0.05, 0.1) is 7.11 Å². The van der Waals surface area contributed by atoms with Crippen molar-refractivity contribution in [2.75, 3.05) is 20.2 Å². The highest BCUT2D eigenvalue weighted by Gasteiger charge is 2.41. The Kier molecular flexibility index (Phi) is 6.64. The molecule has 0 radical (unpaired) electrons. The molecule has 0 saturated carbocycles. The molecular weight excluding hydrogens is 336 g/mol. The molecule has 134 valence electrons. The van der Waals surface area contributed by atoms with Crippen LogP contribution >= 0.6 is 0 Å². The molecule has 0 spiro atoms. The number of nitrogens with zero attached hydrogens (tertiary/aromatic N) is 4. The van der Waals surface area contributed by atoms with Crippen molar-refractivity contribution in [1.29, 1.82) is 0 Å². The molecule has 0 aliphatic carbocycles. The van der Waals surface area contributed by atoms with Gasteiger partial charge in [0.2, 0.25) is 9.84 Å². The summed E-state index contributed by atoms with van der Waals surface area (Å²) in [4.78, 5) is 29.2. The van der Waals surface area contributed by atoms with Crippen LogP contribution in [0.4, 0.5) is 4.79 Å². The monoisotopic (exact) mass is 358 g/mol. The Bertz CT molecular complexity index is 709. The maximum atomic E-state index is 12.7. The number of esters is 1. The Labute approximate surface area is 141 Å². The molecule has 2 atom stereocenters. The van der Waals surface area contributed by atoms with E-state index < -0.39 is 38.2 Å². The molecule has 9 nitrogen and oxygen atoms in total. The van der Waals surface area contributed by atoms with Gasteiger partial charge in [0.1, 0.15) is 6.33 Å². The molecule has 0 bridgehead atoms. The van der Waals surface area contributed by atoms with Crippen molar-refractivity contribution < 1.29 is 22.7 Å². The first-order chi connectivity index (χ1) is 11.2. The van der Waals surface area contributed by atoms with Crippen LogP contribution < -0.4 is 0 Å². The Morgan fingerprint density at radius 1 is 1.42 bits per heavy atom. The van der Waals surface area contributed by atoms with Crippen molar-refractivity contribution in [3.8, 4) is 0 Å². The Morgan fingerprint density at radius 3 is 2.46 bits per heavy atom. The lowest BCUT2D eigenvalue weighted by Gasteiger charge is -2.18. The predicted molar refractivity (Wildman–Crippen MR) is 86.1 cm³/mol. The number of amides is 1. The number of methoxy groups -OCH3 is 1. The lowest BCUT2D eigenvalue weighted by molar-refractivity contribution is -0.140. The summed E-state index contributed by atoms with van der Waals surface area (Å²) in [5, 5.41) is 1.60. The number of sulfone groups is 1. The SMILES string of the molecule is C=CC(C)C(C(=O)OC)S(=O)(=O)c1ncn(C(=O)N(CC)CC)n1. The zero-order valence-corrected chi connectivity index (χ0v) is 15.0. The fourth-order valence-electron chi connectivity index (χ4n) is 2.09. The largest absolute Gasteiger partial charge is 0.468 e. The van der Waals surface area contributed by atoms with Gasteiger partial charge in [-0.25, -0.2) is 18.2 Å². The summed E-state index contributed by atoms with van der Waals surface area (Å²) in [7, 11) is -3.14. The molecule has 2 unspecified atom stereocenters. The molecule has 1 amide bonds. The molecule has 10 heteroatoms. The van der Waals surface area contributed by atoms with Crippen LogP contribution in [0.15, 0.2) is 24.1 Å². The molecule has 1 aromatic heterocycles. The van der Waals surface area contributed by atoms with Gasteiger partial charge in [0, 0.05) is 19.0 Å². The van der Waals surface area contributed by atoms with E-state index in [9.17, 15) is 18.0 Å². The Morgan fingerprint density at radius 2 is 2.00 bits per heavy atom. The van der Waals surface area contributed by atoms with E-state index in [1.807, 2.05) is 0 Å². The van der Waals surface area contributed by atoms with E-state index in [4.69, 9.17) is 0 Å². The fourth-order valence-corrected chi connectivity index (χ4v) is 3.74. The van der Waals surface area contributed by atoms with Gasteiger partial charge in [0.25, 0.3) is 5.16 Å². The number of aromatic nitrogens is 3. The molecule has 0 aliphatic rings. The summed E-state index contributed by atoms with van der Waals surface area (Å²) in [5.41, 5.74) is 0. The van der Waals surface area contributed by atoms with Gasteiger partial charge in [-0.1, -0.05) is 13.0 Å². The standard InChI is InChI=1S/C14H22N4O5S/c1-6-10(4)11(12(19)23-5)24(21,22)13-15-9-18(16-13)14(20)17(7-2)8-3/h6,9-11H,1,7-8H2,2-5H3. The minimum absolute atomic E-state index is 0.440. The van der Waals surface area contributed by atoms with E-state index in [1.165, 1.54) is 17.9 Å². The van der Waals surface area contributed by atoms with Crippen molar-refractivity contribution in [3.05, 3.63) is 19.0 Å². The molecule has 0 fully saturated rings. The summed E-state index contributed by atoms with van der Waals surface area (Å²) in [6.45, 7) is 9.48. The number of hydrogen-bond donors (Lipinski definition) is 0. The van der Waals surface area contributed by atoms with Crippen LogP contribution in [0.3, 0.4) is 0 Å². The highest BCUT2D eigenvalue weighted by molar-refractivity contribution is 7.92. The third kappa shape index (κ3) is 3.81. The van der Waals surface area contributed by atoms with Crippen LogP contribution in [0, 0.1) is 5.92 Å². The summed E-state index contributed by atoms with van der Waals surface area (Å²) < 4.78 is 30.7. The lowest BCUT2D eigenvalue weighted by atomic mass is 10.1. The van der Waals surface area contributed by atoms with Crippen molar-refractivity contribution in [2.24, 2.45) is 5.92 Å². The van der Waals surface area contributed by atoms with Crippen LogP contribution in [0.1, 0.15) is 20.8 Å². The van der Waals surface area contributed by atoms with Crippen molar-refractivity contribution in [3.63, 3.8) is 0 Å². The molecule has 0 aliphatic heterocycles. The molecular formula is C14H22N4O5S. The van der Waals surface area contributed by atoms with Gasteiger partial charge in [-0.2, -0.15) is 4.68 Å². The highest BCUT2D eigenvalue weighted by Crippen LogP contribution is 2.21. The Hall–Kier alpha value is -2.23. The summed E-state index contributed by atoms with van der Waals surface area (Å²) in [5.74, 6) is -1.65. The van der Waals surface area contributed by atoms with Gasteiger partial charge >= 0.3 is 12.0 Å². The first-order valence-electron chi connectivity index (χ1n) is 7.39. The van der Waals surface area contributed by atoms with E-state index in [0.29, 0.717) is 13.1 Å².